The van der Waals surface area contributed by atoms with Gasteiger partial charge in [-0.2, -0.15) is 0 Å². The molecule has 0 bridgehead atoms. The molecule has 1 aromatic rings. The minimum Gasteiger partial charge on any atom is -0.478 e. The van der Waals surface area contributed by atoms with Gasteiger partial charge in [-0.1, -0.05) is 39.0 Å². The fraction of sp³-hybridized carbons (Fsp3) is 0.353. The summed E-state index contributed by atoms with van der Waals surface area (Å²) in [5.41, 5.74) is 0.887. The van der Waals surface area contributed by atoms with Crippen molar-refractivity contribution < 1.29 is 19.8 Å². The number of H-pyrrole nitrogens is 1. The molecule has 0 aliphatic rings. The minimum absolute atomic E-state index is 0.116. The van der Waals surface area contributed by atoms with Crippen molar-refractivity contribution in [1.29, 1.82) is 0 Å². The molecule has 0 saturated carbocycles. The Labute approximate surface area is 136 Å². The highest BCUT2D eigenvalue weighted by molar-refractivity contribution is 5.86. The number of aliphatic carboxylic acids is 2. The van der Waals surface area contributed by atoms with Gasteiger partial charge in [-0.05, 0) is 18.9 Å². The SMILES string of the molecule is C=Cc1cnc(CC(=C)C(=O)O)[nH]1.CCCCCC=CC(=O)O. The number of carboxylic acid groups (broad SMARTS) is 2. The molecule has 0 aliphatic heterocycles. The van der Waals surface area contributed by atoms with Gasteiger partial charge in [0.05, 0.1) is 11.9 Å². The van der Waals surface area contributed by atoms with E-state index in [0.29, 0.717) is 5.82 Å². The Bertz CT molecular complexity index is 559. The van der Waals surface area contributed by atoms with Gasteiger partial charge in [0.2, 0.25) is 0 Å². The second-order valence-corrected chi connectivity index (χ2v) is 4.81. The monoisotopic (exact) mass is 320 g/mol. The summed E-state index contributed by atoms with van der Waals surface area (Å²) in [6, 6.07) is 0. The zero-order valence-electron chi connectivity index (χ0n) is 13.4. The van der Waals surface area contributed by atoms with E-state index in [-0.39, 0.29) is 12.0 Å². The highest BCUT2D eigenvalue weighted by atomic mass is 16.4. The topological polar surface area (TPSA) is 103 Å². The van der Waals surface area contributed by atoms with Crippen LogP contribution in [0.15, 0.2) is 37.1 Å². The predicted octanol–water partition coefficient (Wildman–Crippen LogP) is 3.44. The van der Waals surface area contributed by atoms with Crippen molar-refractivity contribution in [3.63, 3.8) is 0 Å². The summed E-state index contributed by atoms with van der Waals surface area (Å²) in [5.74, 6) is -1.27. The number of unbranched alkanes of at least 4 members (excludes halogenated alkanes) is 3. The van der Waals surface area contributed by atoms with E-state index in [1.54, 1.807) is 18.3 Å². The molecular weight excluding hydrogens is 296 g/mol. The van der Waals surface area contributed by atoms with Gasteiger partial charge in [-0.3, -0.25) is 0 Å². The van der Waals surface area contributed by atoms with Crippen molar-refractivity contribution in [2.45, 2.75) is 39.0 Å². The lowest BCUT2D eigenvalue weighted by molar-refractivity contribution is -0.133. The largest absolute Gasteiger partial charge is 0.478 e. The first-order valence-corrected chi connectivity index (χ1v) is 7.37. The molecule has 3 N–H and O–H groups in total. The van der Waals surface area contributed by atoms with E-state index in [1.165, 1.54) is 18.9 Å². The maximum Gasteiger partial charge on any atom is 0.331 e. The van der Waals surface area contributed by atoms with Crippen LogP contribution in [0.4, 0.5) is 0 Å². The molecule has 0 fully saturated rings. The molecule has 0 radical (unpaired) electrons. The van der Waals surface area contributed by atoms with Gasteiger partial charge < -0.3 is 15.2 Å². The zero-order chi connectivity index (χ0) is 17.7. The van der Waals surface area contributed by atoms with Crippen LogP contribution >= 0.6 is 0 Å². The summed E-state index contributed by atoms with van der Waals surface area (Å²) in [4.78, 5) is 27.2. The van der Waals surface area contributed by atoms with Gasteiger partial charge in [0, 0.05) is 18.1 Å². The first kappa shape index (κ1) is 20.4. The normalized spacial score (nSPS) is 9.96. The average Bonchev–Trinajstić information content (AvgIpc) is 2.95. The van der Waals surface area contributed by atoms with Crippen molar-refractivity contribution in [3.05, 3.63) is 48.6 Å². The summed E-state index contributed by atoms with van der Waals surface area (Å²) in [6.07, 6.45) is 10.7. The van der Waals surface area contributed by atoms with Crippen LogP contribution in [0.3, 0.4) is 0 Å². The summed E-state index contributed by atoms with van der Waals surface area (Å²) in [7, 11) is 0. The van der Waals surface area contributed by atoms with E-state index in [2.05, 4.69) is 30.0 Å². The van der Waals surface area contributed by atoms with E-state index in [1.807, 2.05) is 0 Å². The lowest BCUT2D eigenvalue weighted by Crippen LogP contribution is -2.03. The molecule has 23 heavy (non-hydrogen) atoms. The molecular formula is C17H24N2O4. The Morgan fingerprint density at radius 2 is 2.04 bits per heavy atom. The van der Waals surface area contributed by atoms with Crippen LogP contribution < -0.4 is 0 Å². The molecule has 6 heteroatoms. The Morgan fingerprint density at radius 3 is 2.52 bits per heavy atom. The number of allylic oxidation sites excluding steroid dienone is 1. The lowest BCUT2D eigenvalue weighted by atomic mass is 10.2. The first-order chi connectivity index (χ1) is 10.9. The predicted molar refractivity (Wildman–Crippen MR) is 90.1 cm³/mol. The molecule has 6 nitrogen and oxygen atoms in total. The van der Waals surface area contributed by atoms with Gasteiger partial charge >= 0.3 is 11.9 Å². The summed E-state index contributed by atoms with van der Waals surface area (Å²) in [5, 5.41) is 16.7. The molecule has 0 spiro atoms. The van der Waals surface area contributed by atoms with E-state index >= 15 is 0 Å². The van der Waals surface area contributed by atoms with Crippen molar-refractivity contribution in [2.75, 3.05) is 0 Å². The van der Waals surface area contributed by atoms with Crippen LogP contribution in [0.5, 0.6) is 0 Å². The van der Waals surface area contributed by atoms with Crippen LogP contribution in [0.1, 0.15) is 44.1 Å². The number of carboxylic acids is 2. The lowest BCUT2D eigenvalue weighted by Gasteiger charge is -1.95. The number of aromatic amines is 1. The number of nitrogens with one attached hydrogen (secondary N) is 1. The van der Waals surface area contributed by atoms with E-state index in [9.17, 15) is 9.59 Å². The quantitative estimate of drug-likeness (QED) is 0.477. The summed E-state index contributed by atoms with van der Waals surface area (Å²) >= 11 is 0. The Kier molecular flexibility index (Phi) is 10.6. The first-order valence-electron chi connectivity index (χ1n) is 7.37. The number of imidazole rings is 1. The molecule has 126 valence electrons. The number of rotatable bonds is 9. The van der Waals surface area contributed by atoms with Crippen LogP contribution in [-0.2, 0) is 16.0 Å². The molecule has 0 atom stereocenters. The molecule has 0 amide bonds. The van der Waals surface area contributed by atoms with Crippen LogP contribution in [0, 0.1) is 0 Å². The van der Waals surface area contributed by atoms with E-state index in [4.69, 9.17) is 10.2 Å². The second-order valence-electron chi connectivity index (χ2n) is 4.81. The van der Waals surface area contributed by atoms with Crippen molar-refractivity contribution >= 4 is 18.0 Å². The second kappa shape index (κ2) is 12.0. The smallest absolute Gasteiger partial charge is 0.331 e. The molecule has 1 heterocycles. The standard InChI is InChI=1S/C9H10N2O2.C8H14O2/c1-3-7-5-10-8(11-7)4-6(2)9(12)13;1-2-3-4-5-6-7-8(9)10/h3,5H,1-2,4H2,(H,10,11)(H,12,13);6-7H,2-5H2,1H3,(H,9,10). The number of carbonyl (C=O) groups is 2. The molecule has 0 saturated heterocycles. The van der Waals surface area contributed by atoms with Crippen molar-refractivity contribution in [1.82, 2.24) is 9.97 Å². The zero-order valence-corrected chi connectivity index (χ0v) is 13.4. The van der Waals surface area contributed by atoms with Gasteiger partial charge in [0.1, 0.15) is 5.82 Å². The van der Waals surface area contributed by atoms with E-state index < -0.39 is 11.9 Å². The number of hydrogen-bond donors (Lipinski definition) is 3. The third kappa shape index (κ3) is 10.7. The van der Waals surface area contributed by atoms with Gasteiger partial charge in [-0.15, -0.1) is 0 Å². The van der Waals surface area contributed by atoms with Crippen molar-refractivity contribution in [3.8, 4) is 0 Å². The average molecular weight is 320 g/mol. The number of aromatic nitrogens is 2. The summed E-state index contributed by atoms with van der Waals surface area (Å²) in [6.45, 7) is 9.07. The maximum atomic E-state index is 10.4. The Morgan fingerprint density at radius 1 is 1.35 bits per heavy atom. The van der Waals surface area contributed by atoms with E-state index in [0.717, 1.165) is 18.5 Å². The molecule has 0 aromatic carbocycles. The van der Waals surface area contributed by atoms with Gasteiger partial charge in [0.15, 0.2) is 0 Å². The van der Waals surface area contributed by atoms with Crippen LogP contribution in [0.2, 0.25) is 0 Å². The summed E-state index contributed by atoms with van der Waals surface area (Å²) < 4.78 is 0. The highest BCUT2D eigenvalue weighted by Crippen LogP contribution is 2.04. The van der Waals surface area contributed by atoms with Gasteiger partial charge in [-0.25, -0.2) is 14.6 Å². The number of hydrogen-bond acceptors (Lipinski definition) is 3. The fourth-order valence-electron chi connectivity index (χ4n) is 1.55. The molecule has 1 aromatic heterocycles. The fourth-order valence-corrected chi connectivity index (χ4v) is 1.55. The third-order valence-corrected chi connectivity index (χ3v) is 2.79. The third-order valence-electron chi connectivity index (χ3n) is 2.79. The maximum absolute atomic E-state index is 10.4. The van der Waals surface area contributed by atoms with Crippen molar-refractivity contribution in [2.24, 2.45) is 0 Å². The number of nitrogens with zero attached hydrogens (tertiary/aromatic N) is 1. The van der Waals surface area contributed by atoms with Gasteiger partial charge in [0.25, 0.3) is 0 Å². The highest BCUT2D eigenvalue weighted by Gasteiger charge is 2.06. The Hall–Kier alpha value is -2.63. The van der Waals surface area contributed by atoms with Crippen LogP contribution in [0.25, 0.3) is 6.08 Å². The molecule has 1 rings (SSSR count). The molecule has 0 unspecified atom stereocenters. The minimum atomic E-state index is -1.00. The molecule has 0 aliphatic carbocycles. The Balaban J connectivity index is 0.000000438. The van der Waals surface area contributed by atoms with Crippen LogP contribution in [-0.4, -0.2) is 32.1 Å².